The molecular formula is C12H14N2O4S. The van der Waals surface area contributed by atoms with Crippen molar-refractivity contribution in [3.8, 4) is 5.75 Å². The van der Waals surface area contributed by atoms with Crippen molar-refractivity contribution in [3.05, 3.63) is 22.2 Å². The summed E-state index contributed by atoms with van der Waals surface area (Å²) in [4.78, 5) is 13.8. The van der Waals surface area contributed by atoms with E-state index in [2.05, 4.69) is 0 Å². The molecule has 1 aromatic carbocycles. The topological polar surface area (TPSA) is 64.8 Å². The third-order valence-electron chi connectivity index (χ3n) is 3.19. The number of nitro groups is 1. The molecule has 0 aliphatic carbocycles. The molecule has 1 saturated heterocycles. The van der Waals surface area contributed by atoms with Gasteiger partial charge >= 0.3 is 0 Å². The molecule has 0 spiro atoms. The minimum absolute atomic E-state index is 0.152. The summed E-state index contributed by atoms with van der Waals surface area (Å²) in [7, 11) is 0. The van der Waals surface area contributed by atoms with Gasteiger partial charge in [0, 0.05) is 31.0 Å². The number of hydrogen-bond acceptors (Lipinski definition) is 6. The number of hydrogen-bond donors (Lipinski definition) is 0. The minimum atomic E-state index is -0.319. The second-order valence-corrected chi connectivity index (χ2v) is 5.48. The predicted molar refractivity (Wildman–Crippen MR) is 72.3 cm³/mol. The second kappa shape index (κ2) is 5.26. The van der Waals surface area contributed by atoms with Gasteiger partial charge < -0.3 is 14.4 Å². The first-order valence-electron chi connectivity index (χ1n) is 6.16. The summed E-state index contributed by atoms with van der Waals surface area (Å²) in [5.41, 5.74) is 0.785. The number of morpholine rings is 1. The Hall–Kier alpha value is -1.47. The molecule has 0 amide bonds. The van der Waals surface area contributed by atoms with Crippen LogP contribution in [0.1, 0.15) is 0 Å². The average Bonchev–Trinajstić information content (AvgIpc) is 2.46. The maximum absolute atomic E-state index is 11.2. The Balaban J connectivity index is 2.02. The summed E-state index contributed by atoms with van der Waals surface area (Å²) >= 11 is 1.60. The van der Waals surface area contributed by atoms with E-state index in [0.29, 0.717) is 38.6 Å². The van der Waals surface area contributed by atoms with Crippen LogP contribution in [0.25, 0.3) is 0 Å². The lowest BCUT2D eigenvalue weighted by atomic mass is 10.2. The fraction of sp³-hybridized carbons (Fsp3) is 0.500. The van der Waals surface area contributed by atoms with E-state index in [-0.39, 0.29) is 10.6 Å². The van der Waals surface area contributed by atoms with Crippen LogP contribution in [0, 0.1) is 10.1 Å². The molecular weight excluding hydrogens is 268 g/mol. The number of anilines is 1. The third-order valence-corrected chi connectivity index (χ3v) is 4.19. The maximum Gasteiger partial charge on any atom is 0.293 e. The number of nitrogens with zero attached hydrogens (tertiary/aromatic N) is 2. The van der Waals surface area contributed by atoms with Crippen molar-refractivity contribution >= 4 is 23.1 Å². The number of thioether (sulfide) groups is 1. The van der Waals surface area contributed by atoms with Crippen LogP contribution in [0.4, 0.5) is 11.4 Å². The fourth-order valence-electron chi connectivity index (χ4n) is 2.27. The summed E-state index contributed by atoms with van der Waals surface area (Å²) in [6.07, 6.45) is 0. The van der Waals surface area contributed by atoms with E-state index in [9.17, 15) is 10.1 Å². The first-order valence-corrected chi connectivity index (χ1v) is 7.15. The zero-order valence-electron chi connectivity index (χ0n) is 10.3. The Morgan fingerprint density at radius 1 is 1.26 bits per heavy atom. The van der Waals surface area contributed by atoms with Crippen molar-refractivity contribution in [2.75, 3.05) is 43.6 Å². The van der Waals surface area contributed by atoms with Crippen LogP contribution in [-0.2, 0) is 4.74 Å². The summed E-state index contributed by atoms with van der Waals surface area (Å²) in [5.74, 6) is 1.59. The zero-order valence-corrected chi connectivity index (χ0v) is 11.1. The van der Waals surface area contributed by atoms with Crippen LogP contribution in [-0.4, -0.2) is 43.6 Å². The Labute approximate surface area is 114 Å². The van der Waals surface area contributed by atoms with Gasteiger partial charge in [0.05, 0.1) is 29.6 Å². The molecule has 0 N–H and O–H groups in total. The number of nitro benzene ring substituents is 1. The summed E-state index contributed by atoms with van der Waals surface area (Å²) < 4.78 is 10.9. The Kier molecular flexibility index (Phi) is 3.48. The molecule has 1 aromatic rings. The van der Waals surface area contributed by atoms with E-state index < -0.39 is 0 Å². The highest BCUT2D eigenvalue weighted by atomic mass is 32.2. The molecule has 0 aromatic heterocycles. The number of benzene rings is 1. The molecule has 2 heterocycles. The van der Waals surface area contributed by atoms with Crippen molar-refractivity contribution in [1.29, 1.82) is 0 Å². The highest BCUT2D eigenvalue weighted by molar-refractivity contribution is 7.99. The van der Waals surface area contributed by atoms with Crippen LogP contribution >= 0.6 is 11.8 Å². The second-order valence-electron chi connectivity index (χ2n) is 4.34. The van der Waals surface area contributed by atoms with Crippen molar-refractivity contribution in [2.45, 2.75) is 4.90 Å². The van der Waals surface area contributed by atoms with Crippen molar-refractivity contribution < 1.29 is 14.4 Å². The molecule has 102 valence electrons. The Bertz CT molecular complexity index is 503. The molecule has 19 heavy (non-hydrogen) atoms. The molecule has 1 fully saturated rings. The lowest BCUT2D eigenvalue weighted by molar-refractivity contribution is -0.384. The van der Waals surface area contributed by atoms with Crippen molar-refractivity contribution in [2.24, 2.45) is 0 Å². The van der Waals surface area contributed by atoms with Gasteiger partial charge in [-0.1, -0.05) is 0 Å². The van der Waals surface area contributed by atoms with E-state index in [1.165, 1.54) is 0 Å². The molecule has 7 heteroatoms. The van der Waals surface area contributed by atoms with Gasteiger partial charge in [-0.05, 0) is 0 Å². The lowest BCUT2D eigenvalue weighted by Crippen LogP contribution is -2.36. The quantitative estimate of drug-likeness (QED) is 0.610. The van der Waals surface area contributed by atoms with E-state index in [0.717, 1.165) is 16.4 Å². The summed E-state index contributed by atoms with van der Waals surface area (Å²) in [5, 5.41) is 11.2. The number of ether oxygens (including phenoxy) is 2. The Morgan fingerprint density at radius 3 is 2.79 bits per heavy atom. The molecule has 2 aliphatic heterocycles. The minimum Gasteiger partial charge on any atom is -0.491 e. The number of rotatable bonds is 2. The molecule has 0 atom stereocenters. The van der Waals surface area contributed by atoms with Crippen LogP contribution in [0.5, 0.6) is 5.75 Å². The van der Waals surface area contributed by atoms with Gasteiger partial charge in [0.1, 0.15) is 11.4 Å². The van der Waals surface area contributed by atoms with Crippen molar-refractivity contribution in [1.82, 2.24) is 0 Å². The van der Waals surface area contributed by atoms with E-state index >= 15 is 0 Å². The largest absolute Gasteiger partial charge is 0.491 e. The standard InChI is InChI=1S/C12H14N2O4S/c15-14(16)10-8-12-11(18-5-6-19-12)7-9(10)13-1-3-17-4-2-13/h7-8H,1-6H2. The first kappa shape index (κ1) is 12.6. The molecule has 6 nitrogen and oxygen atoms in total. The van der Waals surface area contributed by atoms with E-state index in [4.69, 9.17) is 9.47 Å². The molecule has 0 unspecified atom stereocenters. The SMILES string of the molecule is O=[N+]([O-])c1cc2c(cc1N1CCOCC1)OCCS2. The fourth-order valence-corrected chi connectivity index (χ4v) is 3.11. The average molecular weight is 282 g/mol. The molecule has 3 rings (SSSR count). The summed E-state index contributed by atoms with van der Waals surface area (Å²) in [6, 6.07) is 3.43. The van der Waals surface area contributed by atoms with Gasteiger partial charge in [0.15, 0.2) is 0 Å². The van der Waals surface area contributed by atoms with Crippen LogP contribution in [0.15, 0.2) is 17.0 Å². The molecule has 0 radical (unpaired) electrons. The molecule has 2 aliphatic rings. The molecule has 0 saturated carbocycles. The van der Waals surface area contributed by atoms with Crippen LogP contribution in [0.3, 0.4) is 0 Å². The van der Waals surface area contributed by atoms with Gasteiger partial charge in [0.25, 0.3) is 5.69 Å². The van der Waals surface area contributed by atoms with Crippen LogP contribution in [0.2, 0.25) is 0 Å². The van der Waals surface area contributed by atoms with Gasteiger partial charge in [-0.15, -0.1) is 11.8 Å². The highest BCUT2D eigenvalue weighted by Gasteiger charge is 2.26. The van der Waals surface area contributed by atoms with Gasteiger partial charge in [-0.2, -0.15) is 0 Å². The monoisotopic (exact) mass is 282 g/mol. The molecule has 0 bridgehead atoms. The predicted octanol–water partition coefficient (Wildman–Crippen LogP) is 1.92. The van der Waals surface area contributed by atoms with E-state index in [1.807, 2.05) is 4.90 Å². The van der Waals surface area contributed by atoms with E-state index in [1.54, 1.807) is 23.9 Å². The highest BCUT2D eigenvalue weighted by Crippen LogP contribution is 2.42. The number of fused-ring (bicyclic) bond motifs is 1. The van der Waals surface area contributed by atoms with Gasteiger partial charge in [-0.3, -0.25) is 10.1 Å². The van der Waals surface area contributed by atoms with Gasteiger partial charge in [0.2, 0.25) is 0 Å². The van der Waals surface area contributed by atoms with Gasteiger partial charge in [-0.25, -0.2) is 0 Å². The first-order chi connectivity index (χ1) is 9.25. The smallest absolute Gasteiger partial charge is 0.293 e. The third kappa shape index (κ3) is 2.48. The maximum atomic E-state index is 11.2. The Morgan fingerprint density at radius 2 is 2.05 bits per heavy atom. The zero-order chi connectivity index (χ0) is 13.2. The van der Waals surface area contributed by atoms with Crippen molar-refractivity contribution in [3.63, 3.8) is 0 Å². The van der Waals surface area contributed by atoms with Crippen LogP contribution < -0.4 is 9.64 Å². The summed E-state index contributed by atoms with van der Waals surface area (Å²) in [6.45, 7) is 3.20. The normalized spacial score (nSPS) is 18.6. The lowest BCUT2D eigenvalue weighted by Gasteiger charge is -2.29.